The van der Waals surface area contributed by atoms with E-state index in [2.05, 4.69) is 31.4 Å². The number of halogens is 1. The monoisotopic (exact) mass is 490 g/mol. The molecule has 7 heteroatoms. The van der Waals surface area contributed by atoms with Gasteiger partial charge < -0.3 is 20.8 Å². The third-order valence-electron chi connectivity index (χ3n) is 5.64. The van der Waals surface area contributed by atoms with E-state index < -0.39 is 0 Å². The van der Waals surface area contributed by atoms with Crippen molar-refractivity contribution in [3.05, 3.63) is 92.9 Å². The highest BCUT2D eigenvalue weighted by atomic mass is 35.5. The van der Waals surface area contributed by atoms with Gasteiger partial charge in [-0.1, -0.05) is 44.5 Å². The molecular formula is C28H31ClN4O2. The molecule has 2 aliphatic rings. The lowest BCUT2D eigenvalue weighted by Crippen LogP contribution is -2.32. The second-order valence-electron chi connectivity index (χ2n) is 9.75. The molecule has 6 nitrogen and oxygen atoms in total. The van der Waals surface area contributed by atoms with Gasteiger partial charge in [0.15, 0.2) is 0 Å². The van der Waals surface area contributed by atoms with Gasteiger partial charge in [-0.05, 0) is 66.5 Å². The maximum Gasteiger partial charge on any atom is 0.264 e. The molecule has 1 aromatic heterocycles. The summed E-state index contributed by atoms with van der Waals surface area (Å²) in [5.74, 6) is 0.665. The van der Waals surface area contributed by atoms with Crippen molar-refractivity contribution < 1.29 is 4.74 Å². The molecule has 35 heavy (non-hydrogen) atoms. The van der Waals surface area contributed by atoms with Gasteiger partial charge in [-0.3, -0.25) is 9.36 Å². The summed E-state index contributed by atoms with van der Waals surface area (Å²) in [6.45, 7) is 9.70. The van der Waals surface area contributed by atoms with E-state index in [1.807, 2.05) is 55.6 Å². The van der Waals surface area contributed by atoms with Gasteiger partial charge in [0.2, 0.25) is 0 Å². The molecule has 1 unspecified atom stereocenters. The van der Waals surface area contributed by atoms with E-state index in [1.165, 1.54) is 0 Å². The zero-order chi connectivity index (χ0) is 25.2. The van der Waals surface area contributed by atoms with Crippen LogP contribution in [0.1, 0.15) is 38.8 Å². The Morgan fingerprint density at radius 1 is 1.20 bits per heavy atom. The predicted octanol–water partition coefficient (Wildman–Crippen LogP) is 5.78. The Bertz CT molecular complexity index is 1310. The third kappa shape index (κ3) is 5.66. The molecule has 0 fully saturated rings. The first-order valence-electron chi connectivity index (χ1n) is 11.7. The molecule has 1 aliphatic carbocycles. The van der Waals surface area contributed by atoms with Gasteiger partial charge in [0, 0.05) is 41.1 Å². The van der Waals surface area contributed by atoms with Crippen LogP contribution in [0.3, 0.4) is 0 Å². The maximum absolute atomic E-state index is 13.9. The van der Waals surface area contributed by atoms with Crippen molar-refractivity contribution in [2.24, 2.45) is 5.41 Å². The number of anilines is 1. The number of hydrogen-bond donors (Lipinski definition) is 3. The van der Waals surface area contributed by atoms with Crippen LogP contribution in [0.15, 0.2) is 71.2 Å². The number of ether oxygens (including phenoxy) is 1. The second-order valence-corrected chi connectivity index (χ2v) is 10.2. The molecule has 0 saturated heterocycles. The molecule has 2 heterocycles. The molecule has 3 N–H and O–H groups in total. The quantitative estimate of drug-likeness (QED) is 0.479. The van der Waals surface area contributed by atoms with Crippen LogP contribution in [0.5, 0.6) is 0 Å². The first-order chi connectivity index (χ1) is 16.7. The molecule has 0 spiro atoms. The van der Waals surface area contributed by atoms with Crippen LogP contribution in [0, 0.1) is 10.8 Å². The molecule has 1 aliphatic heterocycles. The minimum atomic E-state index is -0.325. The van der Waals surface area contributed by atoms with E-state index in [-0.39, 0.29) is 17.2 Å². The zero-order valence-electron chi connectivity index (χ0n) is 20.5. The summed E-state index contributed by atoms with van der Waals surface area (Å²) >= 11 is 6.11. The lowest BCUT2D eigenvalue weighted by Gasteiger charge is -2.26. The largest absolute Gasteiger partial charge is 0.390 e. The van der Waals surface area contributed by atoms with Gasteiger partial charge in [0.25, 0.3) is 5.56 Å². The summed E-state index contributed by atoms with van der Waals surface area (Å²) in [4.78, 5) is 13.9. The number of fused-ring (bicyclic) bond motifs is 1. The number of nitrogens with zero attached hydrogens (tertiary/aromatic N) is 1. The van der Waals surface area contributed by atoms with Crippen molar-refractivity contribution >= 4 is 34.8 Å². The van der Waals surface area contributed by atoms with Crippen LogP contribution in [0.25, 0.3) is 17.3 Å². The molecule has 1 aromatic carbocycles. The fourth-order valence-electron chi connectivity index (χ4n) is 3.92. The maximum atomic E-state index is 13.9. The predicted molar refractivity (Wildman–Crippen MR) is 146 cm³/mol. The van der Waals surface area contributed by atoms with Crippen molar-refractivity contribution in [2.45, 2.75) is 33.9 Å². The number of rotatable bonds is 6. The Kier molecular flexibility index (Phi) is 7.15. The zero-order valence-corrected chi connectivity index (χ0v) is 21.2. The number of benzene rings is 1. The van der Waals surface area contributed by atoms with Crippen LogP contribution in [0.4, 0.5) is 5.82 Å². The number of aromatic nitrogens is 1. The molecule has 182 valence electrons. The van der Waals surface area contributed by atoms with Crippen LogP contribution in [-0.4, -0.2) is 29.7 Å². The van der Waals surface area contributed by atoms with Crippen LogP contribution >= 0.6 is 11.6 Å². The van der Waals surface area contributed by atoms with E-state index in [0.717, 1.165) is 23.3 Å². The van der Waals surface area contributed by atoms with E-state index in [1.54, 1.807) is 22.8 Å². The minimum Gasteiger partial charge on any atom is -0.390 e. The highest BCUT2D eigenvalue weighted by Gasteiger charge is 2.22. The van der Waals surface area contributed by atoms with E-state index in [4.69, 9.17) is 21.7 Å². The fraction of sp³-hybridized carbons (Fsp3) is 0.286. The topological polar surface area (TPSA) is 79.1 Å². The van der Waals surface area contributed by atoms with Crippen LogP contribution in [0.2, 0.25) is 5.02 Å². The van der Waals surface area contributed by atoms with Gasteiger partial charge in [-0.2, -0.15) is 0 Å². The number of nitrogens with one attached hydrogen (secondary N) is 3. The Morgan fingerprint density at radius 2 is 1.94 bits per heavy atom. The lowest BCUT2D eigenvalue weighted by atomic mass is 9.94. The number of pyridine rings is 1. The summed E-state index contributed by atoms with van der Waals surface area (Å²) < 4.78 is 7.39. The van der Waals surface area contributed by atoms with Crippen molar-refractivity contribution in [3.63, 3.8) is 0 Å². The van der Waals surface area contributed by atoms with Crippen LogP contribution in [-0.2, 0) is 4.74 Å². The van der Waals surface area contributed by atoms with Gasteiger partial charge in [-0.25, -0.2) is 0 Å². The summed E-state index contributed by atoms with van der Waals surface area (Å²) in [6, 6.07) is 9.08. The van der Waals surface area contributed by atoms with Crippen molar-refractivity contribution in [1.29, 1.82) is 5.41 Å². The fourth-order valence-corrected chi connectivity index (χ4v) is 4.05. The summed E-state index contributed by atoms with van der Waals surface area (Å²) in [5, 5.41) is 15.6. The summed E-state index contributed by atoms with van der Waals surface area (Å²) in [7, 11) is 0. The first kappa shape index (κ1) is 24.8. The average molecular weight is 491 g/mol. The Hall–Kier alpha value is -3.35. The molecule has 0 amide bonds. The molecule has 0 radical (unpaired) electrons. The summed E-state index contributed by atoms with van der Waals surface area (Å²) in [6.07, 6.45) is 10.9. The number of hydrogen-bond acceptors (Lipinski definition) is 5. The van der Waals surface area contributed by atoms with E-state index >= 15 is 0 Å². The smallest absolute Gasteiger partial charge is 0.264 e. The molecule has 0 saturated carbocycles. The highest BCUT2D eigenvalue weighted by molar-refractivity contribution is 6.30. The van der Waals surface area contributed by atoms with Crippen molar-refractivity contribution in [1.82, 2.24) is 9.88 Å². The van der Waals surface area contributed by atoms with Gasteiger partial charge in [-0.15, -0.1) is 0 Å². The molecule has 2 aromatic rings. The third-order valence-corrected chi connectivity index (χ3v) is 5.90. The Balaban J connectivity index is 1.82. The summed E-state index contributed by atoms with van der Waals surface area (Å²) in [5.41, 5.74) is 3.93. The van der Waals surface area contributed by atoms with E-state index in [0.29, 0.717) is 34.4 Å². The highest BCUT2D eigenvalue weighted by Crippen LogP contribution is 2.30. The standard InChI is InChI=1S/C28H31ClN4O2/c1-5-35-25-13-7-19-15-23(18-6-12-24(30)20(14-18)16-31-17-28(2,3)4)27(34)33(26(19)32-25)22-10-8-21(29)9-11-22/h6-16,25,30-32H,5,17H2,1-4H3/b20-16-,30-24?. The molecule has 1 atom stereocenters. The van der Waals surface area contributed by atoms with Crippen molar-refractivity contribution in [2.75, 3.05) is 18.5 Å². The Labute approximate surface area is 211 Å². The second kappa shape index (κ2) is 10.1. The van der Waals surface area contributed by atoms with E-state index in [9.17, 15) is 4.79 Å². The van der Waals surface area contributed by atoms with Gasteiger partial charge >= 0.3 is 0 Å². The van der Waals surface area contributed by atoms with Crippen molar-refractivity contribution in [3.8, 4) is 5.69 Å². The normalized spacial score (nSPS) is 18.3. The van der Waals surface area contributed by atoms with Crippen LogP contribution < -0.4 is 16.2 Å². The molecule has 4 rings (SSSR count). The molecule has 0 bridgehead atoms. The van der Waals surface area contributed by atoms with Gasteiger partial charge in [0.1, 0.15) is 12.0 Å². The molecular weight excluding hydrogens is 460 g/mol. The van der Waals surface area contributed by atoms with Gasteiger partial charge in [0.05, 0.1) is 11.4 Å². The Morgan fingerprint density at radius 3 is 2.63 bits per heavy atom. The minimum absolute atomic E-state index is 0.111. The average Bonchev–Trinajstić information content (AvgIpc) is 2.80. The number of allylic oxidation sites excluding steroid dienone is 5. The first-order valence-corrected chi connectivity index (χ1v) is 12.1. The SMILES string of the molecule is CCOC1C=Cc2cc(C3=C/C(=C/NCC(C)(C)C)C(=N)C=C3)c(=O)n(-c3ccc(Cl)cc3)c2N1. The lowest BCUT2D eigenvalue weighted by molar-refractivity contribution is 0.115.